The molecule has 1 amide bonds. The van der Waals surface area contributed by atoms with Crippen molar-refractivity contribution in [1.82, 2.24) is 10.2 Å². The molecule has 132 valence electrons. The van der Waals surface area contributed by atoms with E-state index in [4.69, 9.17) is 4.74 Å². The van der Waals surface area contributed by atoms with Gasteiger partial charge in [-0.15, -0.1) is 0 Å². The quantitative estimate of drug-likeness (QED) is 0.802. The Morgan fingerprint density at radius 1 is 0.960 bits per heavy atom. The fourth-order valence-corrected chi connectivity index (χ4v) is 3.13. The highest BCUT2D eigenvalue weighted by Gasteiger charge is 2.13. The summed E-state index contributed by atoms with van der Waals surface area (Å²) in [4.78, 5) is 14.5. The van der Waals surface area contributed by atoms with Gasteiger partial charge in [0.1, 0.15) is 5.75 Å². The molecule has 1 N–H and O–H groups in total. The molecular formula is C21H26N2O2. The van der Waals surface area contributed by atoms with Crippen molar-refractivity contribution in [1.29, 1.82) is 0 Å². The Balaban J connectivity index is 1.43. The summed E-state index contributed by atoms with van der Waals surface area (Å²) >= 11 is 0. The van der Waals surface area contributed by atoms with Crippen LogP contribution in [0.15, 0.2) is 54.6 Å². The molecule has 2 aromatic carbocycles. The number of carbonyl (C=O) groups is 1. The zero-order valence-corrected chi connectivity index (χ0v) is 14.6. The molecule has 1 aliphatic rings. The number of amides is 1. The van der Waals surface area contributed by atoms with Crippen LogP contribution in [-0.2, 0) is 17.9 Å². The van der Waals surface area contributed by atoms with Gasteiger partial charge in [0.15, 0.2) is 0 Å². The molecule has 0 unspecified atom stereocenters. The first-order chi connectivity index (χ1) is 12.3. The third-order valence-electron chi connectivity index (χ3n) is 4.53. The monoisotopic (exact) mass is 338 g/mol. The number of hydrogen-bond donors (Lipinski definition) is 1. The lowest BCUT2D eigenvalue weighted by Gasteiger charge is -2.17. The summed E-state index contributed by atoms with van der Waals surface area (Å²) in [6, 6.07) is 18.0. The van der Waals surface area contributed by atoms with E-state index in [1.54, 1.807) is 0 Å². The topological polar surface area (TPSA) is 41.6 Å². The lowest BCUT2D eigenvalue weighted by atomic mass is 10.1. The summed E-state index contributed by atoms with van der Waals surface area (Å²) in [6.45, 7) is 4.30. The maximum atomic E-state index is 12.1. The number of carbonyl (C=O) groups excluding carboxylic acids is 1. The second kappa shape index (κ2) is 9.23. The van der Waals surface area contributed by atoms with Gasteiger partial charge in [0.05, 0.1) is 13.0 Å². The van der Waals surface area contributed by atoms with Gasteiger partial charge in [0.2, 0.25) is 5.91 Å². The van der Waals surface area contributed by atoms with Crippen LogP contribution in [0.4, 0.5) is 0 Å². The number of likely N-dealkylation sites (tertiary alicyclic amines) is 1. The molecule has 1 fully saturated rings. The van der Waals surface area contributed by atoms with Crippen molar-refractivity contribution in [3.63, 3.8) is 0 Å². The minimum atomic E-state index is 0.0203. The van der Waals surface area contributed by atoms with E-state index in [1.165, 1.54) is 37.1 Å². The fraction of sp³-hybridized carbons (Fsp3) is 0.381. The molecule has 0 aliphatic carbocycles. The van der Waals surface area contributed by atoms with Crippen LogP contribution < -0.4 is 10.1 Å². The highest BCUT2D eigenvalue weighted by atomic mass is 16.5. The van der Waals surface area contributed by atoms with Crippen molar-refractivity contribution in [3.05, 3.63) is 65.7 Å². The van der Waals surface area contributed by atoms with Gasteiger partial charge in [-0.25, -0.2) is 0 Å². The van der Waals surface area contributed by atoms with Crippen molar-refractivity contribution < 1.29 is 9.53 Å². The van der Waals surface area contributed by atoms with E-state index in [2.05, 4.69) is 28.4 Å². The van der Waals surface area contributed by atoms with E-state index < -0.39 is 0 Å². The Labute approximate surface area is 149 Å². The number of nitrogens with one attached hydrogen (secondary N) is 1. The number of nitrogens with zero attached hydrogens (tertiary/aromatic N) is 1. The van der Waals surface area contributed by atoms with Crippen LogP contribution in [0.25, 0.3) is 0 Å². The molecule has 2 aromatic rings. The van der Waals surface area contributed by atoms with Crippen LogP contribution in [0, 0.1) is 0 Å². The van der Waals surface area contributed by atoms with Crippen LogP contribution in [-0.4, -0.2) is 30.5 Å². The van der Waals surface area contributed by atoms with E-state index in [-0.39, 0.29) is 5.91 Å². The summed E-state index contributed by atoms with van der Waals surface area (Å²) in [5, 5.41) is 3.01. The second-order valence-corrected chi connectivity index (χ2v) is 6.44. The molecule has 0 spiro atoms. The average Bonchev–Trinajstić information content (AvgIpc) is 3.15. The normalized spacial score (nSPS) is 14.4. The maximum Gasteiger partial charge on any atom is 0.223 e. The minimum Gasteiger partial charge on any atom is -0.493 e. The van der Waals surface area contributed by atoms with E-state index >= 15 is 0 Å². The Bertz CT molecular complexity index is 667. The first-order valence-corrected chi connectivity index (χ1v) is 9.05. The largest absolute Gasteiger partial charge is 0.493 e. The number of benzene rings is 2. The van der Waals surface area contributed by atoms with Gasteiger partial charge >= 0.3 is 0 Å². The molecule has 4 heteroatoms. The zero-order chi connectivity index (χ0) is 17.3. The van der Waals surface area contributed by atoms with E-state index in [0.717, 1.165) is 12.3 Å². The molecule has 25 heavy (non-hydrogen) atoms. The van der Waals surface area contributed by atoms with E-state index in [9.17, 15) is 4.79 Å². The third kappa shape index (κ3) is 5.61. The molecule has 0 radical (unpaired) electrons. The van der Waals surface area contributed by atoms with Crippen molar-refractivity contribution in [3.8, 4) is 5.75 Å². The average molecular weight is 338 g/mol. The number of ether oxygens (including phenoxy) is 1. The van der Waals surface area contributed by atoms with E-state index in [1.807, 2.05) is 36.4 Å². The first-order valence-electron chi connectivity index (χ1n) is 9.05. The predicted molar refractivity (Wildman–Crippen MR) is 99.4 cm³/mol. The van der Waals surface area contributed by atoms with Crippen LogP contribution in [0.5, 0.6) is 5.75 Å². The number of para-hydroxylation sites is 1. The smallest absolute Gasteiger partial charge is 0.223 e. The molecule has 0 aromatic heterocycles. The molecule has 1 saturated heterocycles. The lowest BCUT2D eigenvalue weighted by Crippen LogP contribution is -2.26. The lowest BCUT2D eigenvalue weighted by molar-refractivity contribution is -0.121. The van der Waals surface area contributed by atoms with Gasteiger partial charge < -0.3 is 10.1 Å². The predicted octanol–water partition coefficient (Wildman–Crippen LogP) is 3.37. The van der Waals surface area contributed by atoms with Gasteiger partial charge in [0.25, 0.3) is 0 Å². The van der Waals surface area contributed by atoms with Crippen LogP contribution >= 0.6 is 0 Å². The molecule has 0 saturated carbocycles. The maximum absolute atomic E-state index is 12.1. The van der Waals surface area contributed by atoms with Crippen LogP contribution in [0.2, 0.25) is 0 Å². The Hall–Kier alpha value is -2.33. The SMILES string of the molecule is O=C(CCOc1ccccc1)NCc1ccccc1CN1CCCC1. The van der Waals surface area contributed by atoms with Crippen molar-refractivity contribution in [2.75, 3.05) is 19.7 Å². The van der Waals surface area contributed by atoms with Crippen molar-refractivity contribution >= 4 is 5.91 Å². The summed E-state index contributed by atoms with van der Waals surface area (Å²) < 4.78 is 5.57. The Morgan fingerprint density at radius 3 is 2.40 bits per heavy atom. The summed E-state index contributed by atoms with van der Waals surface area (Å²) in [6.07, 6.45) is 2.95. The van der Waals surface area contributed by atoms with Crippen molar-refractivity contribution in [2.24, 2.45) is 0 Å². The van der Waals surface area contributed by atoms with Crippen LogP contribution in [0.3, 0.4) is 0 Å². The molecule has 1 aliphatic heterocycles. The Kier molecular flexibility index (Phi) is 6.46. The number of rotatable bonds is 8. The standard InChI is InChI=1S/C21H26N2O2/c24-21(12-15-25-20-10-2-1-3-11-20)22-16-18-8-4-5-9-19(18)17-23-13-6-7-14-23/h1-5,8-11H,6-7,12-17H2,(H,22,24). The summed E-state index contributed by atoms with van der Waals surface area (Å²) in [5.74, 6) is 0.818. The molecule has 3 rings (SSSR count). The summed E-state index contributed by atoms with van der Waals surface area (Å²) in [7, 11) is 0. The third-order valence-corrected chi connectivity index (χ3v) is 4.53. The fourth-order valence-electron chi connectivity index (χ4n) is 3.13. The van der Waals surface area contributed by atoms with Gasteiger partial charge in [-0.2, -0.15) is 0 Å². The first kappa shape index (κ1) is 17.5. The zero-order valence-electron chi connectivity index (χ0n) is 14.6. The van der Waals surface area contributed by atoms with Gasteiger partial charge in [-0.1, -0.05) is 42.5 Å². The highest BCUT2D eigenvalue weighted by molar-refractivity contribution is 5.76. The van der Waals surface area contributed by atoms with E-state index in [0.29, 0.717) is 19.6 Å². The summed E-state index contributed by atoms with van der Waals surface area (Å²) in [5.41, 5.74) is 2.51. The van der Waals surface area contributed by atoms with Gasteiger partial charge in [-0.3, -0.25) is 9.69 Å². The van der Waals surface area contributed by atoms with Crippen LogP contribution in [0.1, 0.15) is 30.4 Å². The minimum absolute atomic E-state index is 0.0203. The molecule has 0 atom stereocenters. The molecule has 1 heterocycles. The second-order valence-electron chi connectivity index (χ2n) is 6.44. The molecular weight excluding hydrogens is 312 g/mol. The Morgan fingerprint density at radius 2 is 1.64 bits per heavy atom. The van der Waals surface area contributed by atoms with Crippen molar-refractivity contribution in [2.45, 2.75) is 32.4 Å². The van der Waals surface area contributed by atoms with Gasteiger partial charge in [0, 0.05) is 13.1 Å². The highest BCUT2D eigenvalue weighted by Crippen LogP contribution is 2.16. The molecule has 4 nitrogen and oxygen atoms in total. The molecule has 0 bridgehead atoms. The number of hydrogen-bond acceptors (Lipinski definition) is 3. The van der Waals surface area contributed by atoms with Gasteiger partial charge in [-0.05, 0) is 49.2 Å².